The monoisotopic (exact) mass is 395 g/mol. The maximum atomic E-state index is 12.4. The Bertz CT molecular complexity index is 1010. The summed E-state index contributed by atoms with van der Waals surface area (Å²) in [7, 11) is 3.14. The fourth-order valence-corrected chi connectivity index (χ4v) is 2.65. The van der Waals surface area contributed by atoms with E-state index in [1.807, 2.05) is 6.07 Å². The lowest BCUT2D eigenvalue weighted by atomic mass is 10.2. The lowest BCUT2D eigenvalue weighted by molar-refractivity contribution is -0.114. The van der Waals surface area contributed by atoms with E-state index < -0.39 is 0 Å². The number of benzene rings is 1. The molecule has 150 valence electrons. The second kappa shape index (κ2) is 8.87. The first-order valence-corrected chi connectivity index (χ1v) is 8.77. The molecule has 29 heavy (non-hydrogen) atoms. The summed E-state index contributed by atoms with van der Waals surface area (Å²) in [5.41, 5.74) is 1.66. The van der Waals surface area contributed by atoms with Crippen LogP contribution in [0, 0.1) is 0 Å². The number of pyridine rings is 1. The number of anilines is 1. The van der Waals surface area contributed by atoms with Crippen LogP contribution in [0.25, 0.3) is 5.82 Å². The molecule has 0 spiro atoms. The smallest absolute Gasteiger partial charge is 0.271 e. The van der Waals surface area contributed by atoms with E-state index in [0.717, 1.165) is 5.56 Å². The normalized spacial score (nSPS) is 10.3. The molecule has 3 aromatic rings. The summed E-state index contributed by atoms with van der Waals surface area (Å²) in [5.74, 6) is 1.37. The van der Waals surface area contributed by atoms with Gasteiger partial charge in [-0.3, -0.25) is 14.2 Å². The summed E-state index contributed by atoms with van der Waals surface area (Å²) in [5, 5.41) is 5.47. The number of methoxy groups -OCH3 is 2. The van der Waals surface area contributed by atoms with Crippen molar-refractivity contribution < 1.29 is 19.1 Å². The maximum absolute atomic E-state index is 12.4. The van der Waals surface area contributed by atoms with Crippen molar-refractivity contribution in [2.45, 2.75) is 13.5 Å². The van der Waals surface area contributed by atoms with Crippen molar-refractivity contribution in [1.82, 2.24) is 19.9 Å². The molecule has 3 rings (SSSR count). The maximum Gasteiger partial charge on any atom is 0.271 e. The summed E-state index contributed by atoms with van der Waals surface area (Å²) in [6.45, 7) is 1.71. The van der Waals surface area contributed by atoms with Gasteiger partial charge in [0.15, 0.2) is 0 Å². The molecule has 0 aliphatic heterocycles. The molecule has 0 atom stereocenters. The van der Waals surface area contributed by atoms with Crippen molar-refractivity contribution in [3.63, 3.8) is 0 Å². The van der Waals surface area contributed by atoms with Gasteiger partial charge in [0, 0.05) is 31.3 Å². The Kier molecular flexibility index (Phi) is 6.08. The highest BCUT2D eigenvalue weighted by Gasteiger charge is 2.12. The summed E-state index contributed by atoms with van der Waals surface area (Å²) in [6.07, 6.45) is 4.62. The number of amides is 2. The number of carbonyl (C=O) groups is 2. The fraction of sp³-hybridized carbons (Fsp3) is 0.200. The average Bonchev–Trinajstić information content (AvgIpc) is 3.22. The van der Waals surface area contributed by atoms with Crippen LogP contribution < -0.4 is 20.1 Å². The number of aromatic nitrogens is 3. The van der Waals surface area contributed by atoms with E-state index in [0.29, 0.717) is 23.0 Å². The van der Waals surface area contributed by atoms with Gasteiger partial charge in [-0.2, -0.15) is 0 Å². The summed E-state index contributed by atoms with van der Waals surface area (Å²) < 4.78 is 12.1. The standard InChI is InChI=1S/C20H21N5O4/c1-13(26)24-15-5-7-19(21-10-15)25-11-17(23-12-25)20(27)22-9-14-4-6-16(28-2)8-18(14)29-3/h4-8,10-12H,9H2,1-3H3,(H,22,27)(H,24,26). The number of ether oxygens (including phenoxy) is 2. The Morgan fingerprint density at radius 2 is 1.93 bits per heavy atom. The van der Waals surface area contributed by atoms with Crippen LogP contribution in [0.5, 0.6) is 11.5 Å². The first kappa shape index (κ1) is 19.9. The highest BCUT2D eigenvalue weighted by atomic mass is 16.5. The Hall–Kier alpha value is -3.88. The highest BCUT2D eigenvalue weighted by molar-refractivity contribution is 5.92. The molecule has 0 saturated carbocycles. The SMILES string of the molecule is COc1ccc(CNC(=O)c2cn(-c3ccc(NC(C)=O)cn3)cn2)c(OC)c1. The third kappa shape index (κ3) is 4.89. The van der Waals surface area contributed by atoms with Crippen molar-refractivity contribution in [3.05, 3.63) is 60.3 Å². The van der Waals surface area contributed by atoms with Crippen LogP contribution >= 0.6 is 0 Å². The van der Waals surface area contributed by atoms with Gasteiger partial charge in [-0.15, -0.1) is 0 Å². The molecule has 0 radical (unpaired) electrons. The predicted molar refractivity (Wildman–Crippen MR) is 106 cm³/mol. The van der Waals surface area contributed by atoms with E-state index in [4.69, 9.17) is 9.47 Å². The Morgan fingerprint density at radius 3 is 2.59 bits per heavy atom. The summed E-state index contributed by atoms with van der Waals surface area (Å²) in [4.78, 5) is 31.9. The number of nitrogens with zero attached hydrogens (tertiary/aromatic N) is 3. The molecule has 0 unspecified atom stereocenters. The quantitative estimate of drug-likeness (QED) is 0.635. The molecule has 1 aromatic carbocycles. The molecule has 9 nitrogen and oxygen atoms in total. The van der Waals surface area contributed by atoms with Gasteiger partial charge in [-0.05, 0) is 24.3 Å². The van der Waals surface area contributed by atoms with Crippen LogP contribution in [-0.4, -0.2) is 40.6 Å². The second-order valence-corrected chi connectivity index (χ2v) is 6.11. The molecule has 0 saturated heterocycles. The second-order valence-electron chi connectivity index (χ2n) is 6.11. The van der Waals surface area contributed by atoms with Gasteiger partial charge in [-0.1, -0.05) is 0 Å². The van der Waals surface area contributed by atoms with E-state index in [-0.39, 0.29) is 24.1 Å². The molecular formula is C20H21N5O4. The molecule has 2 amide bonds. The van der Waals surface area contributed by atoms with Gasteiger partial charge < -0.3 is 20.1 Å². The number of hydrogen-bond donors (Lipinski definition) is 2. The van der Waals surface area contributed by atoms with Crippen molar-refractivity contribution in [1.29, 1.82) is 0 Å². The zero-order valence-corrected chi connectivity index (χ0v) is 16.3. The van der Waals surface area contributed by atoms with E-state index in [9.17, 15) is 9.59 Å². The minimum absolute atomic E-state index is 0.172. The van der Waals surface area contributed by atoms with E-state index in [1.165, 1.54) is 19.4 Å². The topological polar surface area (TPSA) is 107 Å². The predicted octanol–water partition coefficient (Wildman–Crippen LogP) is 2.17. The molecule has 2 aromatic heterocycles. The van der Waals surface area contributed by atoms with Crippen LogP contribution in [0.2, 0.25) is 0 Å². The van der Waals surface area contributed by atoms with Gasteiger partial charge in [0.25, 0.3) is 5.91 Å². The first-order chi connectivity index (χ1) is 14.0. The van der Waals surface area contributed by atoms with E-state index in [2.05, 4.69) is 20.6 Å². The van der Waals surface area contributed by atoms with Crippen molar-refractivity contribution in [2.75, 3.05) is 19.5 Å². The summed E-state index contributed by atoms with van der Waals surface area (Å²) >= 11 is 0. The average molecular weight is 395 g/mol. The third-order valence-electron chi connectivity index (χ3n) is 4.08. The van der Waals surface area contributed by atoms with Gasteiger partial charge in [-0.25, -0.2) is 9.97 Å². The Labute approximate surface area is 167 Å². The third-order valence-corrected chi connectivity index (χ3v) is 4.08. The molecule has 2 N–H and O–H groups in total. The van der Waals surface area contributed by atoms with Crippen LogP contribution in [0.4, 0.5) is 5.69 Å². The van der Waals surface area contributed by atoms with Gasteiger partial charge in [0.05, 0.1) is 26.1 Å². The summed E-state index contributed by atoms with van der Waals surface area (Å²) in [6, 6.07) is 8.83. The van der Waals surface area contributed by atoms with Crippen molar-refractivity contribution >= 4 is 17.5 Å². The van der Waals surface area contributed by atoms with E-state index >= 15 is 0 Å². The highest BCUT2D eigenvalue weighted by Crippen LogP contribution is 2.24. The Morgan fingerprint density at radius 1 is 1.10 bits per heavy atom. The van der Waals surface area contributed by atoms with E-state index in [1.54, 1.807) is 49.2 Å². The van der Waals surface area contributed by atoms with Gasteiger partial charge in [0.1, 0.15) is 29.3 Å². The van der Waals surface area contributed by atoms with Crippen molar-refractivity contribution in [2.24, 2.45) is 0 Å². The lowest BCUT2D eigenvalue weighted by Crippen LogP contribution is -2.23. The zero-order valence-electron chi connectivity index (χ0n) is 16.3. The van der Waals surface area contributed by atoms with Crippen LogP contribution in [0.3, 0.4) is 0 Å². The molecule has 9 heteroatoms. The number of nitrogens with one attached hydrogen (secondary N) is 2. The molecule has 2 heterocycles. The van der Waals surface area contributed by atoms with Gasteiger partial charge >= 0.3 is 0 Å². The molecule has 0 fully saturated rings. The van der Waals surface area contributed by atoms with Crippen LogP contribution in [0.1, 0.15) is 23.0 Å². The number of imidazole rings is 1. The number of carbonyl (C=O) groups excluding carboxylic acids is 2. The number of rotatable bonds is 7. The Balaban J connectivity index is 1.66. The van der Waals surface area contributed by atoms with Crippen LogP contribution in [0.15, 0.2) is 49.1 Å². The minimum Gasteiger partial charge on any atom is -0.497 e. The molecule has 0 aliphatic rings. The molecular weight excluding hydrogens is 374 g/mol. The van der Waals surface area contributed by atoms with Crippen LogP contribution in [-0.2, 0) is 11.3 Å². The first-order valence-electron chi connectivity index (χ1n) is 8.77. The number of hydrogen-bond acceptors (Lipinski definition) is 6. The zero-order chi connectivity index (χ0) is 20.8. The lowest BCUT2D eigenvalue weighted by Gasteiger charge is -2.10. The van der Waals surface area contributed by atoms with Gasteiger partial charge in [0.2, 0.25) is 5.91 Å². The fourth-order valence-electron chi connectivity index (χ4n) is 2.65. The molecule has 0 bridgehead atoms. The van der Waals surface area contributed by atoms with Crippen molar-refractivity contribution in [3.8, 4) is 17.3 Å². The minimum atomic E-state index is -0.323. The largest absolute Gasteiger partial charge is 0.497 e. The molecule has 0 aliphatic carbocycles.